The van der Waals surface area contributed by atoms with Crippen LogP contribution in [0.3, 0.4) is 0 Å². The van der Waals surface area contributed by atoms with Gasteiger partial charge in [-0.2, -0.15) is 0 Å². The van der Waals surface area contributed by atoms with Crippen LogP contribution in [0.15, 0.2) is 48.5 Å². The van der Waals surface area contributed by atoms with Gasteiger partial charge in [-0.15, -0.1) is 0 Å². The highest BCUT2D eigenvalue weighted by Gasteiger charge is 2.12. The number of rotatable bonds is 0. The zero-order valence-corrected chi connectivity index (χ0v) is 11.8. The van der Waals surface area contributed by atoms with E-state index >= 15 is 0 Å². The first-order chi connectivity index (χ1) is 9.84. The normalized spacial score (nSPS) is 15.9. The lowest BCUT2D eigenvalue weighted by molar-refractivity contribution is -0.119. The molecule has 0 saturated heterocycles. The van der Waals surface area contributed by atoms with Crippen LogP contribution in [0.5, 0.6) is 0 Å². The third-order valence-electron chi connectivity index (χ3n) is 4.15. The quantitative estimate of drug-likeness (QED) is 0.680. The standard InChI is InChI=1S/C19H20O/c20-17-10-4-1-7-15-8-2-5-11-18(15)19-12-6-3-9-16(19)13-14-17/h2-3,5-6,8-9,11-12H,1,4,7,10,13-14H2. The van der Waals surface area contributed by atoms with Crippen molar-refractivity contribution in [2.24, 2.45) is 0 Å². The Morgan fingerprint density at radius 2 is 1.15 bits per heavy atom. The van der Waals surface area contributed by atoms with Gasteiger partial charge in [0.2, 0.25) is 0 Å². The summed E-state index contributed by atoms with van der Waals surface area (Å²) in [7, 11) is 0. The van der Waals surface area contributed by atoms with Gasteiger partial charge in [-0.1, -0.05) is 48.5 Å². The van der Waals surface area contributed by atoms with Gasteiger partial charge in [0.15, 0.2) is 0 Å². The monoisotopic (exact) mass is 264 g/mol. The average molecular weight is 264 g/mol. The molecule has 0 heterocycles. The molecule has 3 rings (SSSR count). The van der Waals surface area contributed by atoms with Crippen molar-refractivity contribution in [1.82, 2.24) is 0 Å². The number of fused-ring (bicyclic) bond motifs is 3. The van der Waals surface area contributed by atoms with E-state index in [1.807, 2.05) is 0 Å². The lowest BCUT2D eigenvalue weighted by Crippen LogP contribution is -2.00. The fourth-order valence-electron chi connectivity index (χ4n) is 3.04. The molecule has 0 aromatic heterocycles. The summed E-state index contributed by atoms with van der Waals surface area (Å²) < 4.78 is 0. The van der Waals surface area contributed by atoms with E-state index in [0.29, 0.717) is 12.2 Å². The molecule has 0 radical (unpaired) electrons. The van der Waals surface area contributed by atoms with Gasteiger partial charge in [0.1, 0.15) is 5.78 Å². The van der Waals surface area contributed by atoms with E-state index in [-0.39, 0.29) is 0 Å². The molecule has 0 atom stereocenters. The summed E-state index contributed by atoms with van der Waals surface area (Å²) in [5.74, 6) is 0.408. The Kier molecular flexibility index (Phi) is 3.96. The van der Waals surface area contributed by atoms with Gasteiger partial charge >= 0.3 is 0 Å². The second-order valence-corrected chi connectivity index (χ2v) is 5.56. The molecule has 0 fully saturated rings. The molecule has 1 heteroatoms. The Hall–Kier alpha value is -1.89. The van der Waals surface area contributed by atoms with Crippen LogP contribution in [0.4, 0.5) is 0 Å². The molecule has 0 amide bonds. The van der Waals surface area contributed by atoms with Gasteiger partial charge in [0, 0.05) is 12.8 Å². The molecule has 1 aliphatic rings. The van der Waals surface area contributed by atoms with Crippen LogP contribution in [0.2, 0.25) is 0 Å². The van der Waals surface area contributed by atoms with Crippen LogP contribution in [0.25, 0.3) is 11.1 Å². The molecule has 0 spiro atoms. The molecule has 0 bridgehead atoms. The summed E-state index contributed by atoms with van der Waals surface area (Å²) in [5, 5.41) is 0. The highest BCUT2D eigenvalue weighted by atomic mass is 16.1. The minimum Gasteiger partial charge on any atom is -0.300 e. The van der Waals surface area contributed by atoms with Crippen LogP contribution in [-0.4, -0.2) is 5.78 Å². The molecule has 20 heavy (non-hydrogen) atoms. The van der Waals surface area contributed by atoms with Crippen molar-refractivity contribution < 1.29 is 4.79 Å². The van der Waals surface area contributed by atoms with Crippen LogP contribution in [0.1, 0.15) is 36.8 Å². The van der Waals surface area contributed by atoms with Crippen LogP contribution in [-0.2, 0) is 17.6 Å². The van der Waals surface area contributed by atoms with E-state index in [9.17, 15) is 4.79 Å². The first kappa shape index (κ1) is 13.1. The average Bonchev–Trinajstić information content (AvgIpc) is 2.52. The van der Waals surface area contributed by atoms with E-state index < -0.39 is 0 Å². The zero-order valence-electron chi connectivity index (χ0n) is 11.8. The summed E-state index contributed by atoms with van der Waals surface area (Å²) in [4.78, 5) is 11.9. The summed E-state index contributed by atoms with van der Waals surface area (Å²) >= 11 is 0. The van der Waals surface area contributed by atoms with Crippen molar-refractivity contribution in [2.45, 2.75) is 38.5 Å². The Balaban J connectivity index is 2.07. The third kappa shape index (κ3) is 2.82. The lowest BCUT2D eigenvalue weighted by atomic mass is 9.92. The van der Waals surface area contributed by atoms with Crippen molar-refractivity contribution in [2.75, 3.05) is 0 Å². The molecule has 2 aromatic carbocycles. The molecule has 1 nitrogen and oxygen atoms in total. The van der Waals surface area contributed by atoms with Crippen molar-refractivity contribution in [1.29, 1.82) is 0 Å². The van der Waals surface area contributed by atoms with Crippen LogP contribution in [0, 0.1) is 0 Å². The Morgan fingerprint density at radius 3 is 1.85 bits per heavy atom. The molecular weight excluding hydrogens is 244 g/mol. The van der Waals surface area contributed by atoms with E-state index in [0.717, 1.165) is 32.1 Å². The van der Waals surface area contributed by atoms with Gasteiger partial charge in [-0.3, -0.25) is 4.79 Å². The second kappa shape index (κ2) is 6.04. The van der Waals surface area contributed by atoms with Gasteiger partial charge in [0.05, 0.1) is 0 Å². The summed E-state index contributed by atoms with van der Waals surface area (Å²) in [6, 6.07) is 17.2. The SMILES string of the molecule is O=C1CCCCc2ccccc2-c2ccccc2CC1. The Bertz CT molecular complexity index is 613. The molecule has 102 valence electrons. The predicted molar refractivity (Wildman–Crippen MR) is 82.8 cm³/mol. The fraction of sp³-hybridized carbons (Fsp3) is 0.316. The maximum Gasteiger partial charge on any atom is 0.133 e. The number of hydrogen-bond donors (Lipinski definition) is 0. The first-order valence-corrected chi connectivity index (χ1v) is 7.52. The Morgan fingerprint density at radius 1 is 0.600 bits per heavy atom. The van der Waals surface area contributed by atoms with Crippen molar-refractivity contribution in [3.05, 3.63) is 59.7 Å². The maximum absolute atomic E-state index is 11.9. The molecular formula is C19H20O. The second-order valence-electron chi connectivity index (χ2n) is 5.56. The predicted octanol–water partition coefficient (Wildman–Crippen LogP) is 4.58. The molecule has 2 aromatic rings. The smallest absolute Gasteiger partial charge is 0.133 e. The van der Waals surface area contributed by atoms with Crippen molar-refractivity contribution in [3.63, 3.8) is 0 Å². The molecule has 0 saturated carbocycles. The largest absolute Gasteiger partial charge is 0.300 e. The topological polar surface area (TPSA) is 17.1 Å². The number of ketones is 1. The van der Waals surface area contributed by atoms with Gasteiger partial charge < -0.3 is 0 Å². The third-order valence-corrected chi connectivity index (χ3v) is 4.15. The number of aryl methyl sites for hydroxylation is 2. The summed E-state index contributed by atoms with van der Waals surface area (Å²) in [6.07, 6.45) is 5.47. The van der Waals surface area contributed by atoms with E-state index in [1.54, 1.807) is 0 Å². The first-order valence-electron chi connectivity index (χ1n) is 7.52. The molecule has 0 unspecified atom stereocenters. The number of carbonyl (C=O) groups is 1. The maximum atomic E-state index is 11.9. The minimum absolute atomic E-state index is 0.408. The molecule has 0 aliphatic heterocycles. The fourth-order valence-corrected chi connectivity index (χ4v) is 3.04. The molecule has 1 aliphatic carbocycles. The highest BCUT2D eigenvalue weighted by molar-refractivity contribution is 5.79. The van der Waals surface area contributed by atoms with Gasteiger partial charge in [-0.25, -0.2) is 0 Å². The van der Waals surface area contributed by atoms with E-state index in [2.05, 4.69) is 48.5 Å². The van der Waals surface area contributed by atoms with Gasteiger partial charge in [-0.05, 0) is 47.9 Å². The van der Waals surface area contributed by atoms with Crippen molar-refractivity contribution >= 4 is 5.78 Å². The number of benzene rings is 2. The lowest BCUT2D eigenvalue weighted by Gasteiger charge is -2.13. The van der Waals surface area contributed by atoms with Crippen LogP contribution >= 0.6 is 0 Å². The highest BCUT2D eigenvalue weighted by Crippen LogP contribution is 2.29. The van der Waals surface area contributed by atoms with Crippen LogP contribution < -0.4 is 0 Å². The number of carbonyl (C=O) groups excluding carboxylic acids is 1. The summed E-state index contributed by atoms with van der Waals surface area (Å²) in [6.45, 7) is 0. The number of hydrogen-bond acceptors (Lipinski definition) is 1. The minimum atomic E-state index is 0.408. The molecule has 0 N–H and O–H groups in total. The summed E-state index contributed by atoms with van der Waals surface area (Å²) in [5.41, 5.74) is 5.36. The number of Topliss-reactive ketones (excluding diaryl/α,β-unsaturated/α-hetero) is 1. The Labute approximate surface area is 120 Å². The zero-order chi connectivity index (χ0) is 13.8. The van der Waals surface area contributed by atoms with E-state index in [1.165, 1.54) is 22.3 Å². The van der Waals surface area contributed by atoms with E-state index in [4.69, 9.17) is 0 Å². The van der Waals surface area contributed by atoms with Crippen molar-refractivity contribution in [3.8, 4) is 11.1 Å². The van der Waals surface area contributed by atoms with Gasteiger partial charge in [0.25, 0.3) is 0 Å².